The Labute approximate surface area is 90.3 Å². The van der Waals surface area contributed by atoms with E-state index in [9.17, 15) is 8.78 Å². The van der Waals surface area contributed by atoms with E-state index in [2.05, 4.69) is 4.98 Å². The second-order valence-corrected chi connectivity index (χ2v) is 3.38. The summed E-state index contributed by atoms with van der Waals surface area (Å²) in [5, 5.41) is -0.115. The Morgan fingerprint density at radius 3 is 2.53 bits per heavy atom. The van der Waals surface area contributed by atoms with Gasteiger partial charge in [-0.25, -0.2) is 9.37 Å². The highest BCUT2D eigenvalue weighted by Gasteiger charge is 2.07. The Morgan fingerprint density at radius 2 is 1.87 bits per heavy atom. The molecule has 15 heavy (non-hydrogen) atoms. The van der Waals surface area contributed by atoms with E-state index >= 15 is 0 Å². The molecule has 4 heteroatoms. The van der Waals surface area contributed by atoms with Gasteiger partial charge in [-0.3, -0.25) is 0 Å². The molecule has 0 fully saturated rings. The lowest BCUT2D eigenvalue weighted by molar-refractivity contribution is 0.584. The molecule has 1 aromatic heterocycles. The molecule has 1 nitrogen and oxygen atoms in total. The summed E-state index contributed by atoms with van der Waals surface area (Å²) in [6.45, 7) is 0. The predicted molar refractivity (Wildman–Crippen MR) is 54.6 cm³/mol. The van der Waals surface area contributed by atoms with Crippen molar-refractivity contribution in [2.45, 2.75) is 0 Å². The Bertz CT molecular complexity index is 500. The van der Waals surface area contributed by atoms with Gasteiger partial charge in [0.25, 0.3) is 0 Å². The summed E-state index contributed by atoms with van der Waals surface area (Å²) in [4.78, 5) is 3.43. The third-order valence-electron chi connectivity index (χ3n) is 1.98. The summed E-state index contributed by atoms with van der Waals surface area (Å²) in [5.74, 6) is -1.14. The van der Waals surface area contributed by atoms with Crippen molar-refractivity contribution in [1.82, 2.24) is 4.98 Å². The van der Waals surface area contributed by atoms with E-state index < -0.39 is 5.95 Å². The zero-order chi connectivity index (χ0) is 10.8. The van der Waals surface area contributed by atoms with Crippen LogP contribution in [0.5, 0.6) is 0 Å². The number of rotatable bonds is 1. The highest BCUT2D eigenvalue weighted by molar-refractivity contribution is 6.30. The number of pyridine rings is 1. The molecule has 0 saturated heterocycles. The van der Waals surface area contributed by atoms with Gasteiger partial charge in [0.1, 0.15) is 5.82 Å². The smallest absolute Gasteiger partial charge is 0.226 e. The van der Waals surface area contributed by atoms with Crippen LogP contribution in [0.1, 0.15) is 0 Å². The van der Waals surface area contributed by atoms with Crippen molar-refractivity contribution in [1.29, 1.82) is 0 Å². The Hall–Kier alpha value is -1.48. The molecule has 0 unspecified atom stereocenters. The van der Waals surface area contributed by atoms with Crippen LogP contribution in [-0.2, 0) is 0 Å². The van der Waals surface area contributed by atoms with E-state index in [0.717, 1.165) is 0 Å². The molecule has 0 radical (unpaired) electrons. The van der Waals surface area contributed by atoms with Crippen molar-refractivity contribution in [3.63, 3.8) is 0 Å². The van der Waals surface area contributed by atoms with Crippen LogP contribution in [0.2, 0.25) is 5.02 Å². The number of benzene rings is 1. The normalized spacial score (nSPS) is 10.3. The van der Waals surface area contributed by atoms with Gasteiger partial charge in [0.2, 0.25) is 5.95 Å². The fourth-order valence-electron chi connectivity index (χ4n) is 1.26. The van der Waals surface area contributed by atoms with Crippen LogP contribution in [0.3, 0.4) is 0 Å². The van der Waals surface area contributed by atoms with E-state index in [-0.39, 0.29) is 10.8 Å². The van der Waals surface area contributed by atoms with Crippen molar-refractivity contribution in [2.24, 2.45) is 0 Å². The molecule has 0 aliphatic heterocycles. The van der Waals surface area contributed by atoms with Crippen LogP contribution in [-0.4, -0.2) is 4.98 Å². The zero-order valence-electron chi connectivity index (χ0n) is 7.55. The van der Waals surface area contributed by atoms with Crippen LogP contribution < -0.4 is 0 Å². The van der Waals surface area contributed by atoms with Crippen LogP contribution in [0, 0.1) is 11.8 Å². The fourth-order valence-corrected chi connectivity index (χ4v) is 1.43. The summed E-state index contributed by atoms with van der Waals surface area (Å²) in [6.07, 6.45) is 1.25. The highest BCUT2D eigenvalue weighted by atomic mass is 35.5. The fraction of sp³-hybridized carbons (Fsp3) is 0. The number of hydrogen-bond donors (Lipinski definition) is 0. The summed E-state index contributed by atoms with van der Waals surface area (Å²) in [7, 11) is 0. The van der Waals surface area contributed by atoms with E-state index in [1.807, 2.05) is 0 Å². The highest BCUT2D eigenvalue weighted by Crippen LogP contribution is 2.25. The van der Waals surface area contributed by atoms with Gasteiger partial charge in [0.15, 0.2) is 0 Å². The van der Waals surface area contributed by atoms with Gasteiger partial charge in [-0.15, -0.1) is 0 Å². The monoisotopic (exact) mass is 225 g/mol. The van der Waals surface area contributed by atoms with Gasteiger partial charge in [0.05, 0.1) is 5.02 Å². The van der Waals surface area contributed by atoms with Gasteiger partial charge in [0, 0.05) is 17.3 Å². The third-order valence-corrected chi connectivity index (χ3v) is 2.25. The molecule has 0 aliphatic rings. The summed E-state index contributed by atoms with van der Waals surface area (Å²) in [6, 6.07) is 7.53. The molecular weight excluding hydrogens is 220 g/mol. The SMILES string of the molecule is Fc1ccccc1-c1cnc(F)c(Cl)c1. The summed E-state index contributed by atoms with van der Waals surface area (Å²) in [5.41, 5.74) is 0.811. The van der Waals surface area contributed by atoms with Crippen LogP contribution in [0.4, 0.5) is 8.78 Å². The molecule has 0 N–H and O–H groups in total. The van der Waals surface area contributed by atoms with Crippen molar-refractivity contribution in [2.75, 3.05) is 0 Å². The molecule has 0 atom stereocenters. The predicted octanol–water partition coefficient (Wildman–Crippen LogP) is 3.68. The minimum absolute atomic E-state index is 0.115. The lowest BCUT2D eigenvalue weighted by atomic mass is 10.1. The molecule has 1 aromatic carbocycles. The summed E-state index contributed by atoms with van der Waals surface area (Å²) < 4.78 is 26.1. The van der Waals surface area contributed by atoms with E-state index in [1.54, 1.807) is 18.2 Å². The maximum atomic E-state index is 13.3. The molecule has 2 aromatic rings. The average molecular weight is 226 g/mol. The van der Waals surface area contributed by atoms with Crippen LogP contribution in [0.15, 0.2) is 36.5 Å². The van der Waals surface area contributed by atoms with Crippen molar-refractivity contribution in [3.05, 3.63) is 53.3 Å². The van der Waals surface area contributed by atoms with E-state index in [4.69, 9.17) is 11.6 Å². The van der Waals surface area contributed by atoms with Gasteiger partial charge in [-0.2, -0.15) is 4.39 Å². The first-order chi connectivity index (χ1) is 7.18. The second-order valence-electron chi connectivity index (χ2n) is 2.98. The molecule has 0 spiro atoms. The first-order valence-electron chi connectivity index (χ1n) is 4.24. The number of aromatic nitrogens is 1. The maximum absolute atomic E-state index is 13.3. The minimum atomic E-state index is -0.753. The lowest BCUT2D eigenvalue weighted by Crippen LogP contribution is -1.88. The first-order valence-corrected chi connectivity index (χ1v) is 4.62. The average Bonchev–Trinajstić information content (AvgIpc) is 2.23. The molecule has 0 aliphatic carbocycles. The standard InChI is InChI=1S/C11H6ClF2N/c12-9-5-7(6-15-11(9)14)8-3-1-2-4-10(8)13/h1-6H. The van der Waals surface area contributed by atoms with Gasteiger partial charge < -0.3 is 0 Å². The summed E-state index contributed by atoms with van der Waals surface area (Å²) >= 11 is 5.56. The van der Waals surface area contributed by atoms with Gasteiger partial charge >= 0.3 is 0 Å². The van der Waals surface area contributed by atoms with Gasteiger partial charge in [-0.1, -0.05) is 29.8 Å². The second kappa shape index (κ2) is 3.95. The topological polar surface area (TPSA) is 12.9 Å². The first kappa shape index (κ1) is 10.1. The molecule has 0 bridgehead atoms. The minimum Gasteiger partial charge on any atom is -0.226 e. The van der Waals surface area contributed by atoms with Gasteiger partial charge in [-0.05, 0) is 12.1 Å². The maximum Gasteiger partial charge on any atom is 0.231 e. The molecule has 0 saturated carbocycles. The van der Waals surface area contributed by atoms with Crippen molar-refractivity contribution >= 4 is 11.6 Å². The molecule has 2 rings (SSSR count). The van der Waals surface area contributed by atoms with E-state index in [1.165, 1.54) is 18.3 Å². The Balaban J connectivity index is 2.55. The number of halogens is 3. The largest absolute Gasteiger partial charge is 0.231 e. The molecular formula is C11H6ClF2N. The zero-order valence-corrected chi connectivity index (χ0v) is 8.30. The number of hydrogen-bond acceptors (Lipinski definition) is 1. The molecule has 76 valence electrons. The Kier molecular flexibility index (Phi) is 2.64. The van der Waals surface area contributed by atoms with E-state index in [0.29, 0.717) is 11.1 Å². The third kappa shape index (κ3) is 1.97. The number of nitrogens with zero attached hydrogens (tertiary/aromatic N) is 1. The quantitative estimate of drug-likeness (QED) is 0.675. The van der Waals surface area contributed by atoms with Crippen molar-refractivity contribution < 1.29 is 8.78 Å². The Morgan fingerprint density at radius 1 is 1.13 bits per heavy atom. The molecule has 0 amide bonds. The van der Waals surface area contributed by atoms with Crippen molar-refractivity contribution in [3.8, 4) is 11.1 Å². The van der Waals surface area contributed by atoms with Crippen LogP contribution in [0.25, 0.3) is 11.1 Å². The lowest BCUT2D eigenvalue weighted by Gasteiger charge is -2.03. The molecule has 1 heterocycles. The van der Waals surface area contributed by atoms with Crippen LogP contribution >= 0.6 is 11.6 Å².